The van der Waals surface area contributed by atoms with Crippen LogP contribution in [-0.4, -0.2) is 43.5 Å². The number of carbonyl (C=O) groups excluding carboxylic acids is 1. The number of nitrogens with two attached hydrogens (primary N) is 1. The van der Waals surface area contributed by atoms with Crippen molar-refractivity contribution in [3.8, 4) is 0 Å². The van der Waals surface area contributed by atoms with Crippen LogP contribution in [0.5, 0.6) is 0 Å². The number of amides is 2. The molecule has 1 heterocycles. The fraction of sp³-hybridized carbons (Fsp3) is 0.529. The number of nitrogens with zero attached hydrogens (tertiary/aromatic N) is 1. The van der Waals surface area contributed by atoms with E-state index in [0.29, 0.717) is 24.9 Å². The Hall–Kier alpha value is -2.13. The third-order valence-electron chi connectivity index (χ3n) is 4.59. The number of piperidine rings is 1. The third-order valence-corrected chi connectivity index (χ3v) is 5.50. The molecule has 1 aromatic rings. The van der Waals surface area contributed by atoms with Crippen LogP contribution in [0.4, 0.5) is 4.79 Å². The van der Waals surface area contributed by atoms with Crippen molar-refractivity contribution in [2.75, 3.05) is 13.1 Å². The van der Waals surface area contributed by atoms with Crippen LogP contribution in [0.15, 0.2) is 29.2 Å². The Morgan fingerprint density at radius 3 is 2.65 bits per heavy atom. The molecule has 26 heavy (non-hydrogen) atoms. The minimum absolute atomic E-state index is 0.0137. The number of likely N-dealkylation sites (tertiary alicyclic amines) is 1. The molecule has 8 nitrogen and oxygen atoms in total. The van der Waals surface area contributed by atoms with Crippen LogP contribution in [0.2, 0.25) is 0 Å². The average molecular weight is 383 g/mol. The minimum Gasteiger partial charge on any atom is -0.481 e. The maximum absolute atomic E-state index is 12.6. The number of carboxylic acids is 1. The molecule has 2 rings (SSSR count). The molecule has 1 fully saturated rings. The minimum atomic E-state index is -3.83. The largest absolute Gasteiger partial charge is 0.481 e. The first-order valence-electron chi connectivity index (χ1n) is 8.52. The lowest BCUT2D eigenvalue weighted by Crippen LogP contribution is -2.50. The lowest BCUT2D eigenvalue weighted by Gasteiger charge is -2.35. The van der Waals surface area contributed by atoms with Crippen LogP contribution in [0, 0.1) is 11.8 Å². The van der Waals surface area contributed by atoms with Crippen LogP contribution in [0.3, 0.4) is 0 Å². The van der Waals surface area contributed by atoms with Crippen LogP contribution in [0.1, 0.15) is 38.3 Å². The highest BCUT2D eigenvalue weighted by Gasteiger charge is 2.32. The summed E-state index contributed by atoms with van der Waals surface area (Å²) in [6, 6.07) is 5.40. The number of primary sulfonamides is 1. The molecule has 3 atom stereocenters. The number of rotatable bonds is 5. The fourth-order valence-electron chi connectivity index (χ4n) is 3.27. The molecule has 0 saturated carbocycles. The van der Waals surface area contributed by atoms with Crippen molar-refractivity contribution >= 4 is 22.0 Å². The Morgan fingerprint density at radius 1 is 1.38 bits per heavy atom. The number of urea groups is 1. The second-order valence-corrected chi connectivity index (χ2v) is 8.37. The Kier molecular flexibility index (Phi) is 6.25. The summed E-state index contributed by atoms with van der Waals surface area (Å²) in [5.74, 6) is -1.38. The second kappa shape index (κ2) is 8.05. The lowest BCUT2D eigenvalue weighted by molar-refractivity contribution is -0.143. The van der Waals surface area contributed by atoms with E-state index in [1.165, 1.54) is 17.0 Å². The molecule has 9 heteroatoms. The fourth-order valence-corrected chi connectivity index (χ4v) is 3.83. The Labute approximate surface area is 153 Å². The van der Waals surface area contributed by atoms with E-state index >= 15 is 0 Å². The van der Waals surface area contributed by atoms with Crippen LogP contribution >= 0.6 is 0 Å². The van der Waals surface area contributed by atoms with Gasteiger partial charge in [-0.25, -0.2) is 18.4 Å². The smallest absolute Gasteiger partial charge is 0.317 e. The van der Waals surface area contributed by atoms with E-state index in [2.05, 4.69) is 5.32 Å². The Morgan fingerprint density at radius 2 is 2.08 bits per heavy atom. The number of benzene rings is 1. The number of carbonyl (C=O) groups is 2. The molecule has 0 radical (unpaired) electrons. The van der Waals surface area contributed by atoms with Gasteiger partial charge in [0.2, 0.25) is 10.0 Å². The van der Waals surface area contributed by atoms with Gasteiger partial charge in [-0.15, -0.1) is 0 Å². The molecule has 0 spiro atoms. The number of sulfonamides is 1. The third kappa shape index (κ3) is 4.95. The summed E-state index contributed by atoms with van der Waals surface area (Å²) in [6.45, 7) is 4.44. The van der Waals surface area contributed by atoms with Crippen molar-refractivity contribution in [3.05, 3.63) is 29.8 Å². The molecule has 0 aromatic heterocycles. The van der Waals surface area contributed by atoms with Gasteiger partial charge in [0, 0.05) is 13.1 Å². The predicted molar refractivity (Wildman–Crippen MR) is 95.9 cm³/mol. The van der Waals surface area contributed by atoms with Crippen molar-refractivity contribution in [1.29, 1.82) is 0 Å². The molecule has 0 bridgehead atoms. The Bertz CT molecular complexity index is 780. The van der Waals surface area contributed by atoms with E-state index in [4.69, 9.17) is 5.14 Å². The molecule has 1 aliphatic rings. The molecular formula is C17H25N3O5S. The monoisotopic (exact) mass is 383 g/mol. The normalized spacial score (nSPS) is 21.9. The van der Waals surface area contributed by atoms with Crippen molar-refractivity contribution in [2.24, 2.45) is 17.0 Å². The molecule has 1 aliphatic heterocycles. The summed E-state index contributed by atoms with van der Waals surface area (Å²) < 4.78 is 23.1. The highest BCUT2D eigenvalue weighted by molar-refractivity contribution is 7.89. The highest BCUT2D eigenvalue weighted by atomic mass is 32.2. The summed E-state index contributed by atoms with van der Waals surface area (Å²) in [7, 11) is -3.83. The van der Waals surface area contributed by atoms with Gasteiger partial charge in [-0.3, -0.25) is 4.79 Å². The number of nitrogens with one attached hydrogen (secondary N) is 1. The Balaban J connectivity index is 2.14. The summed E-state index contributed by atoms with van der Waals surface area (Å²) in [5.41, 5.74) is 0.632. The maximum Gasteiger partial charge on any atom is 0.317 e. The van der Waals surface area contributed by atoms with Gasteiger partial charge in [-0.05, 0) is 36.5 Å². The number of carboxylic acid groups (broad SMARTS) is 1. The first-order valence-corrected chi connectivity index (χ1v) is 10.1. The van der Waals surface area contributed by atoms with Gasteiger partial charge in [0.05, 0.1) is 16.9 Å². The van der Waals surface area contributed by atoms with E-state index < -0.39 is 28.0 Å². The van der Waals surface area contributed by atoms with E-state index in [1.54, 1.807) is 12.1 Å². The molecule has 1 aromatic carbocycles. The van der Waals surface area contributed by atoms with Crippen LogP contribution < -0.4 is 10.5 Å². The predicted octanol–water partition coefficient (Wildman–Crippen LogP) is 1.54. The maximum atomic E-state index is 12.6. The van der Waals surface area contributed by atoms with E-state index in [-0.39, 0.29) is 23.4 Å². The zero-order valence-electron chi connectivity index (χ0n) is 14.9. The van der Waals surface area contributed by atoms with Gasteiger partial charge in [0.25, 0.3) is 0 Å². The summed E-state index contributed by atoms with van der Waals surface area (Å²) >= 11 is 0. The quantitative estimate of drug-likeness (QED) is 0.710. The molecule has 2 amide bonds. The first-order chi connectivity index (χ1) is 12.1. The second-order valence-electron chi connectivity index (χ2n) is 6.81. The summed E-state index contributed by atoms with van der Waals surface area (Å²) in [6.07, 6.45) is 1.10. The number of aliphatic carboxylic acids is 1. The molecule has 4 N–H and O–H groups in total. The average Bonchev–Trinajstić information content (AvgIpc) is 2.58. The number of hydrogen-bond acceptors (Lipinski definition) is 4. The highest BCUT2D eigenvalue weighted by Crippen LogP contribution is 2.24. The van der Waals surface area contributed by atoms with Gasteiger partial charge in [-0.2, -0.15) is 0 Å². The van der Waals surface area contributed by atoms with E-state index in [1.807, 2.05) is 13.8 Å². The van der Waals surface area contributed by atoms with Crippen molar-refractivity contribution in [3.63, 3.8) is 0 Å². The summed E-state index contributed by atoms with van der Waals surface area (Å²) in [4.78, 5) is 25.4. The molecule has 0 aliphatic carbocycles. The van der Waals surface area contributed by atoms with E-state index in [9.17, 15) is 23.1 Å². The van der Waals surface area contributed by atoms with Gasteiger partial charge < -0.3 is 15.3 Å². The van der Waals surface area contributed by atoms with Crippen LogP contribution in [-0.2, 0) is 14.8 Å². The zero-order chi connectivity index (χ0) is 19.5. The van der Waals surface area contributed by atoms with E-state index in [0.717, 1.165) is 0 Å². The molecule has 3 unspecified atom stereocenters. The topological polar surface area (TPSA) is 130 Å². The van der Waals surface area contributed by atoms with Crippen LogP contribution in [0.25, 0.3) is 0 Å². The van der Waals surface area contributed by atoms with Crippen molar-refractivity contribution in [2.45, 2.75) is 37.6 Å². The van der Waals surface area contributed by atoms with Crippen molar-refractivity contribution in [1.82, 2.24) is 10.2 Å². The first kappa shape index (κ1) is 20.2. The SMILES string of the molecule is CCC(NC(=O)N1CC(C)CC(C(=O)O)C1)c1cccc(S(N)(=O)=O)c1. The standard InChI is InChI=1S/C17H25N3O5S/c1-3-15(12-5-4-6-14(8-12)26(18,24)25)19-17(23)20-9-11(2)7-13(10-20)16(21)22/h4-6,8,11,13,15H,3,7,9-10H2,1-2H3,(H,19,23)(H,21,22)(H2,18,24,25). The van der Waals surface area contributed by atoms with Crippen molar-refractivity contribution < 1.29 is 23.1 Å². The van der Waals surface area contributed by atoms with Gasteiger partial charge in [0.1, 0.15) is 0 Å². The molecule has 1 saturated heterocycles. The van der Waals surface area contributed by atoms with Gasteiger partial charge in [-0.1, -0.05) is 26.0 Å². The summed E-state index contributed by atoms with van der Waals surface area (Å²) in [5, 5.41) is 17.3. The van der Waals surface area contributed by atoms with Gasteiger partial charge >= 0.3 is 12.0 Å². The zero-order valence-corrected chi connectivity index (χ0v) is 15.7. The van der Waals surface area contributed by atoms with Gasteiger partial charge in [0.15, 0.2) is 0 Å². The molecular weight excluding hydrogens is 358 g/mol. The lowest BCUT2D eigenvalue weighted by atomic mass is 9.91. The molecule has 144 valence electrons. The number of hydrogen-bond donors (Lipinski definition) is 3.